The van der Waals surface area contributed by atoms with E-state index in [1.54, 1.807) is 11.3 Å². The van der Waals surface area contributed by atoms with Crippen molar-refractivity contribution in [1.29, 1.82) is 0 Å². The Balaban J connectivity index is 2.07. The summed E-state index contributed by atoms with van der Waals surface area (Å²) in [7, 11) is 1.90. The Bertz CT molecular complexity index is 605. The summed E-state index contributed by atoms with van der Waals surface area (Å²) in [5, 5.41) is 3.16. The van der Waals surface area contributed by atoms with Gasteiger partial charge in [-0.2, -0.15) is 0 Å². The summed E-state index contributed by atoms with van der Waals surface area (Å²) < 4.78 is 1.02. The molecule has 0 bridgehead atoms. The first-order valence-corrected chi connectivity index (χ1v) is 8.18. The molecule has 1 aliphatic carbocycles. The molecule has 0 aromatic carbocycles. The van der Waals surface area contributed by atoms with Crippen LogP contribution in [0.15, 0.2) is 16.6 Å². The van der Waals surface area contributed by atoms with Crippen molar-refractivity contribution >= 4 is 33.1 Å². The molecule has 3 nitrogen and oxygen atoms in total. The zero-order valence-electron chi connectivity index (χ0n) is 11.0. The number of halogens is 1. The number of nitrogens with zero attached hydrogens (tertiary/aromatic N) is 2. The van der Waals surface area contributed by atoms with Crippen molar-refractivity contribution in [2.45, 2.75) is 32.1 Å². The Kier molecular flexibility index (Phi) is 3.58. The van der Waals surface area contributed by atoms with E-state index in [-0.39, 0.29) is 0 Å². The Morgan fingerprint density at radius 2 is 2.16 bits per heavy atom. The van der Waals surface area contributed by atoms with Crippen molar-refractivity contribution in [3.8, 4) is 10.7 Å². The molecule has 100 valence electrons. The number of aryl methyl sites for hydroxylation is 1. The molecule has 0 spiro atoms. The van der Waals surface area contributed by atoms with Crippen molar-refractivity contribution in [2.24, 2.45) is 0 Å². The molecule has 19 heavy (non-hydrogen) atoms. The topological polar surface area (TPSA) is 37.8 Å². The molecule has 2 aromatic rings. The highest BCUT2D eigenvalue weighted by Crippen LogP contribution is 2.44. The highest BCUT2D eigenvalue weighted by Gasteiger charge is 2.29. The molecule has 0 atom stereocenters. The van der Waals surface area contributed by atoms with Gasteiger partial charge in [-0.15, -0.1) is 11.3 Å². The standard InChI is InChI=1S/C14H16BrN3S/c1-3-9-6-7-10(19-9)13-17-12(8-4-5-8)11(15)14(16-2)18-13/h6-8H,3-5H2,1-2H3,(H,16,17,18). The second kappa shape index (κ2) is 5.21. The van der Waals surface area contributed by atoms with Crippen LogP contribution >= 0.6 is 27.3 Å². The van der Waals surface area contributed by atoms with Gasteiger partial charge in [0.15, 0.2) is 5.82 Å². The van der Waals surface area contributed by atoms with E-state index in [0.29, 0.717) is 5.92 Å². The summed E-state index contributed by atoms with van der Waals surface area (Å²) in [6, 6.07) is 4.30. The minimum atomic E-state index is 0.605. The van der Waals surface area contributed by atoms with E-state index in [4.69, 9.17) is 4.98 Å². The van der Waals surface area contributed by atoms with E-state index in [2.05, 4.69) is 45.3 Å². The Morgan fingerprint density at radius 3 is 2.74 bits per heavy atom. The fourth-order valence-electron chi connectivity index (χ4n) is 2.06. The Morgan fingerprint density at radius 1 is 1.37 bits per heavy atom. The monoisotopic (exact) mass is 337 g/mol. The molecule has 3 rings (SSSR count). The van der Waals surface area contributed by atoms with Gasteiger partial charge in [0.05, 0.1) is 15.0 Å². The number of hydrogen-bond donors (Lipinski definition) is 1. The van der Waals surface area contributed by atoms with Gasteiger partial charge in [0, 0.05) is 17.8 Å². The highest BCUT2D eigenvalue weighted by atomic mass is 79.9. The average molecular weight is 338 g/mol. The maximum Gasteiger partial charge on any atom is 0.171 e. The fraction of sp³-hybridized carbons (Fsp3) is 0.429. The molecule has 0 aliphatic heterocycles. The van der Waals surface area contributed by atoms with Crippen LogP contribution in [0.4, 0.5) is 5.82 Å². The number of rotatable bonds is 4. The number of anilines is 1. The lowest BCUT2D eigenvalue weighted by molar-refractivity contribution is 0.982. The minimum absolute atomic E-state index is 0.605. The van der Waals surface area contributed by atoms with Crippen molar-refractivity contribution in [3.63, 3.8) is 0 Å². The largest absolute Gasteiger partial charge is 0.372 e. The molecule has 1 N–H and O–H groups in total. The molecule has 5 heteroatoms. The molecule has 2 heterocycles. The maximum absolute atomic E-state index is 4.77. The van der Waals surface area contributed by atoms with Gasteiger partial charge in [0.25, 0.3) is 0 Å². The first-order valence-electron chi connectivity index (χ1n) is 6.57. The molecule has 1 aliphatic rings. The van der Waals surface area contributed by atoms with Crippen molar-refractivity contribution in [2.75, 3.05) is 12.4 Å². The third-order valence-corrected chi connectivity index (χ3v) is 5.32. The third kappa shape index (κ3) is 2.54. The number of nitrogens with one attached hydrogen (secondary N) is 1. The summed E-state index contributed by atoms with van der Waals surface area (Å²) in [5.41, 5.74) is 1.15. The van der Waals surface area contributed by atoms with Crippen LogP contribution in [0.3, 0.4) is 0 Å². The van der Waals surface area contributed by atoms with Crippen LogP contribution in [0.2, 0.25) is 0 Å². The quantitative estimate of drug-likeness (QED) is 0.895. The van der Waals surface area contributed by atoms with Crippen LogP contribution in [0, 0.1) is 0 Å². The second-order valence-electron chi connectivity index (χ2n) is 4.74. The number of thiophene rings is 1. The van der Waals surface area contributed by atoms with E-state index in [1.807, 2.05) is 7.05 Å². The maximum atomic E-state index is 4.77. The normalized spacial score (nSPS) is 14.7. The molecule has 0 saturated heterocycles. The minimum Gasteiger partial charge on any atom is -0.372 e. The van der Waals surface area contributed by atoms with E-state index < -0.39 is 0 Å². The van der Waals surface area contributed by atoms with Gasteiger partial charge in [0.2, 0.25) is 0 Å². The predicted octanol–water partition coefficient (Wildman–Crippen LogP) is 4.45. The first kappa shape index (κ1) is 13.1. The SMILES string of the molecule is CCc1ccc(-c2nc(NC)c(Br)c(C3CC3)n2)s1. The summed E-state index contributed by atoms with van der Waals surface area (Å²) >= 11 is 5.41. The lowest BCUT2D eigenvalue weighted by atomic mass is 10.2. The molecule has 0 amide bonds. The number of aromatic nitrogens is 2. The molecule has 0 radical (unpaired) electrons. The number of hydrogen-bond acceptors (Lipinski definition) is 4. The zero-order chi connectivity index (χ0) is 13.4. The summed E-state index contributed by atoms with van der Waals surface area (Å²) in [5.74, 6) is 2.34. The van der Waals surface area contributed by atoms with E-state index in [9.17, 15) is 0 Å². The van der Waals surface area contributed by atoms with Crippen molar-refractivity contribution < 1.29 is 0 Å². The molecule has 0 unspecified atom stereocenters. The van der Waals surface area contributed by atoms with Crippen LogP contribution in [0.25, 0.3) is 10.7 Å². The van der Waals surface area contributed by atoms with Crippen LogP contribution < -0.4 is 5.32 Å². The highest BCUT2D eigenvalue weighted by molar-refractivity contribution is 9.10. The molecule has 1 fully saturated rings. The molecule has 2 aromatic heterocycles. The fourth-order valence-corrected chi connectivity index (χ4v) is 3.64. The molecule has 1 saturated carbocycles. The smallest absolute Gasteiger partial charge is 0.171 e. The summed E-state index contributed by atoms with van der Waals surface area (Å²) in [6.45, 7) is 2.17. The molecular weight excluding hydrogens is 322 g/mol. The Labute approximate surface area is 125 Å². The van der Waals surface area contributed by atoms with Gasteiger partial charge in [-0.05, 0) is 47.3 Å². The average Bonchev–Trinajstić information content (AvgIpc) is 3.16. The summed E-state index contributed by atoms with van der Waals surface area (Å²) in [6.07, 6.45) is 3.54. The van der Waals surface area contributed by atoms with Gasteiger partial charge in [-0.25, -0.2) is 9.97 Å². The van der Waals surface area contributed by atoms with E-state index in [1.165, 1.54) is 17.7 Å². The lowest BCUT2D eigenvalue weighted by Crippen LogP contribution is -2.02. The van der Waals surface area contributed by atoms with Crippen molar-refractivity contribution in [1.82, 2.24) is 9.97 Å². The van der Waals surface area contributed by atoms with E-state index >= 15 is 0 Å². The van der Waals surface area contributed by atoms with Crippen LogP contribution in [0.1, 0.15) is 36.3 Å². The lowest BCUT2D eigenvalue weighted by Gasteiger charge is -2.09. The predicted molar refractivity (Wildman–Crippen MR) is 83.9 cm³/mol. The Hall–Kier alpha value is -0.940. The van der Waals surface area contributed by atoms with Gasteiger partial charge in [-0.1, -0.05) is 6.92 Å². The van der Waals surface area contributed by atoms with Crippen LogP contribution in [-0.2, 0) is 6.42 Å². The third-order valence-electron chi connectivity index (χ3n) is 3.31. The second-order valence-corrected chi connectivity index (χ2v) is 6.70. The first-order chi connectivity index (χ1) is 9.22. The summed E-state index contributed by atoms with van der Waals surface area (Å²) in [4.78, 5) is 11.9. The van der Waals surface area contributed by atoms with Gasteiger partial charge in [-0.3, -0.25) is 0 Å². The van der Waals surface area contributed by atoms with Crippen LogP contribution in [0.5, 0.6) is 0 Å². The van der Waals surface area contributed by atoms with Gasteiger partial charge in [0.1, 0.15) is 5.82 Å². The van der Waals surface area contributed by atoms with Crippen LogP contribution in [-0.4, -0.2) is 17.0 Å². The van der Waals surface area contributed by atoms with Gasteiger partial charge >= 0.3 is 0 Å². The van der Waals surface area contributed by atoms with E-state index in [0.717, 1.165) is 33.1 Å². The zero-order valence-corrected chi connectivity index (χ0v) is 13.4. The van der Waals surface area contributed by atoms with Crippen molar-refractivity contribution in [3.05, 3.63) is 27.2 Å². The van der Waals surface area contributed by atoms with Gasteiger partial charge < -0.3 is 5.32 Å². The molecular formula is C14H16BrN3S.